The molecule has 0 saturated carbocycles. The van der Waals surface area contributed by atoms with Gasteiger partial charge in [-0.15, -0.1) is 0 Å². The number of aryl methyl sites for hydroxylation is 2. The Morgan fingerprint density at radius 3 is 2.19 bits per heavy atom. The van der Waals surface area contributed by atoms with Crippen LogP contribution in [0.15, 0.2) is 6.07 Å². The quantitative estimate of drug-likeness (QED) is 0.723. The second kappa shape index (κ2) is 3.51. The highest BCUT2D eigenvalue weighted by Crippen LogP contribution is 2.29. The zero-order valence-corrected chi connectivity index (χ0v) is 10.5. The Bertz CT molecular complexity index is 551. The van der Waals surface area contributed by atoms with Crippen molar-refractivity contribution in [3.05, 3.63) is 34.0 Å². The highest BCUT2D eigenvalue weighted by molar-refractivity contribution is 6.62. The molecule has 2 aromatic rings. The second-order valence-corrected chi connectivity index (χ2v) is 4.53. The predicted octanol–water partition coefficient (Wildman–Crippen LogP) is 2.17. The maximum Gasteiger partial charge on any atom is 0.195 e. The van der Waals surface area contributed by atoms with Crippen molar-refractivity contribution >= 4 is 24.4 Å². The van der Waals surface area contributed by atoms with Gasteiger partial charge in [-0.25, -0.2) is 0 Å². The van der Waals surface area contributed by atoms with Crippen LogP contribution < -0.4 is 0 Å². The van der Waals surface area contributed by atoms with Crippen molar-refractivity contribution in [2.75, 3.05) is 0 Å². The van der Waals surface area contributed by atoms with E-state index in [9.17, 15) is 4.79 Å². The Morgan fingerprint density at radius 1 is 1.06 bits per heavy atom. The molecule has 0 atom stereocenters. The molecule has 1 heterocycles. The standard InChI is InChI=1S/C13H16BNO/c1-6-7(2)9(4)12-10(8(6)3)5-11(15-12)13(14)16/h5,15H,14H2,1-4H3. The Hall–Kier alpha value is -1.51. The largest absolute Gasteiger partial charge is 0.353 e. The van der Waals surface area contributed by atoms with E-state index in [1.54, 1.807) is 7.85 Å². The summed E-state index contributed by atoms with van der Waals surface area (Å²) in [6.45, 7) is 8.48. The van der Waals surface area contributed by atoms with Crippen LogP contribution >= 0.6 is 0 Å². The minimum absolute atomic E-state index is 0.0882. The minimum atomic E-state index is 0.0882. The summed E-state index contributed by atoms with van der Waals surface area (Å²) in [7, 11) is 1.59. The van der Waals surface area contributed by atoms with E-state index >= 15 is 0 Å². The molecule has 0 radical (unpaired) electrons. The van der Waals surface area contributed by atoms with Gasteiger partial charge in [-0.1, -0.05) is 0 Å². The van der Waals surface area contributed by atoms with Gasteiger partial charge in [-0.05, 0) is 56.0 Å². The van der Waals surface area contributed by atoms with Crippen molar-refractivity contribution in [3.8, 4) is 0 Å². The number of hydrogen-bond acceptors (Lipinski definition) is 1. The molecule has 82 valence electrons. The predicted molar refractivity (Wildman–Crippen MR) is 70.1 cm³/mol. The van der Waals surface area contributed by atoms with Crippen LogP contribution in [0.4, 0.5) is 0 Å². The van der Waals surface area contributed by atoms with Gasteiger partial charge in [0.05, 0.1) is 5.69 Å². The number of benzene rings is 1. The fourth-order valence-electron chi connectivity index (χ4n) is 2.19. The number of nitrogens with one attached hydrogen (secondary N) is 1. The second-order valence-electron chi connectivity index (χ2n) is 4.53. The summed E-state index contributed by atoms with van der Waals surface area (Å²) in [5, 5.41) is 1.17. The van der Waals surface area contributed by atoms with Gasteiger partial charge in [0.15, 0.2) is 7.85 Å². The number of fused-ring (bicyclic) bond motifs is 1. The normalized spacial score (nSPS) is 11.0. The number of aromatic amines is 1. The summed E-state index contributed by atoms with van der Waals surface area (Å²) in [4.78, 5) is 14.6. The molecule has 0 aliphatic carbocycles. The zero-order valence-electron chi connectivity index (χ0n) is 10.5. The minimum Gasteiger partial charge on any atom is -0.353 e. The van der Waals surface area contributed by atoms with Crippen molar-refractivity contribution < 1.29 is 4.79 Å². The molecule has 0 saturated heterocycles. The maximum atomic E-state index is 11.4. The fourth-order valence-corrected chi connectivity index (χ4v) is 2.19. The number of hydrogen-bond donors (Lipinski definition) is 1. The molecule has 1 aromatic carbocycles. The van der Waals surface area contributed by atoms with Crippen LogP contribution in [-0.4, -0.2) is 18.5 Å². The van der Waals surface area contributed by atoms with Crippen LogP contribution in [0.3, 0.4) is 0 Å². The molecule has 0 unspecified atom stereocenters. The molecule has 16 heavy (non-hydrogen) atoms. The summed E-state index contributed by atoms with van der Waals surface area (Å²) in [5.41, 5.74) is 7.02. The monoisotopic (exact) mass is 213 g/mol. The average molecular weight is 213 g/mol. The van der Waals surface area contributed by atoms with E-state index in [2.05, 4.69) is 32.7 Å². The molecular weight excluding hydrogens is 197 g/mol. The number of aromatic nitrogens is 1. The molecule has 3 heteroatoms. The summed E-state index contributed by atoms with van der Waals surface area (Å²) in [5.74, 6) is 0. The summed E-state index contributed by atoms with van der Waals surface area (Å²) in [6, 6.07) is 1.96. The highest BCUT2D eigenvalue weighted by Gasteiger charge is 2.12. The van der Waals surface area contributed by atoms with E-state index in [-0.39, 0.29) is 5.68 Å². The highest BCUT2D eigenvalue weighted by atomic mass is 16.1. The van der Waals surface area contributed by atoms with Gasteiger partial charge in [-0.3, -0.25) is 0 Å². The molecule has 2 nitrogen and oxygen atoms in total. The SMILES string of the molecule is BC(=O)c1cc2c(C)c(C)c(C)c(C)c2[nH]1. The molecule has 0 aliphatic rings. The number of carbonyl (C=O) groups is 1. The summed E-state index contributed by atoms with van der Waals surface area (Å²) >= 11 is 0. The summed E-state index contributed by atoms with van der Waals surface area (Å²) in [6.07, 6.45) is 0. The van der Waals surface area contributed by atoms with Gasteiger partial charge in [0.1, 0.15) is 5.68 Å². The van der Waals surface area contributed by atoms with Crippen molar-refractivity contribution in [2.45, 2.75) is 27.7 Å². The molecule has 0 bridgehead atoms. The van der Waals surface area contributed by atoms with Crippen LogP contribution in [-0.2, 0) is 0 Å². The fraction of sp³-hybridized carbons (Fsp3) is 0.308. The lowest BCUT2D eigenvalue weighted by Crippen LogP contribution is -1.96. The first-order valence-corrected chi connectivity index (χ1v) is 5.53. The first kappa shape index (κ1) is 11.0. The zero-order chi connectivity index (χ0) is 12.0. The Balaban J connectivity index is 2.92. The van der Waals surface area contributed by atoms with Gasteiger partial charge < -0.3 is 9.78 Å². The van der Waals surface area contributed by atoms with Gasteiger partial charge in [0.25, 0.3) is 0 Å². The first-order valence-electron chi connectivity index (χ1n) is 5.53. The maximum absolute atomic E-state index is 11.4. The smallest absolute Gasteiger partial charge is 0.195 e. The number of carbonyl (C=O) groups excluding carboxylic acids is 1. The van der Waals surface area contributed by atoms with Crippen LogP contribution in [0, 0.1) is 27.7 Å². The third-order valence-corrected chi connectivity index (χ3v) is 3.66. The third kappa shape index (κ3) is 1.39. The Labute approximate surface area is 96.5 Å². The molecule has 1 aromatic heterocycles. The number of H-pyrrole nitrogens is 1. The molecule has 0 amide bonds. The first-order chi connectivity index (χ1) is 7.43. The third-order valence-electron chi connectivity index (χ3n) is 3.66. The topological polar surface area (TPSA) is 32.9 Å². The molecule has 0 fully saturated rings. The van der Waals surface area contributed by atoms with Gasteiger partial charge >= 0.3 is 0 Å². The summed E-state index contributed by atoms with van der Waals surface area (Å²) < 4.78 is 0. The van der Waals surface area contributed by atoms with Crippen LogP contribution in [0.2, 0.25) is 0 Å². The van der Waals surface area contributed by atoms with Gasteiger partial charge in [-0.2, -0.15) is 0 Å². The van der Waals surface area contributed by atoms with E-state index in [0.717, 1.165) is 5.52 Å². The van der Waals surface area contributed by atoms with E-state index < -0.39 is 0 Å². The van der Waals surface area contributed by atoms with Crippen LogP contribution in [0.1, 0.15) is 32.7 Å². The van der Waals surface area contributed by atoms with Gasteiger partial charge in [0, 0.05) is 10.9 Å². The van der Waals surface area contributed by atoms with Crippen LogP contribution in [0.25, 0.3) is 10.9 Å². The lowest BCUT2D eigenvalue weighted by atomic mass is 9.95. The van der Waals surface area contributed by atoms with E-state index in [1.807, 2.05) is 6.07 Å². The molecule has 0 aliphatic heterocycles. The van der Waals surface area contributed by atoms with E-state index in [4.69, 9.17) is 0 Å². The average Bonchev–Trinajstić information content (AvgIpc) is 2.68. The molecule has 2 rings (SSSR count). The van der Waals surface area contributed by atoms with Crippen LogP contribution in [0.5, 0.6) is 0 Å². The Morgan fingerprint density at radius 2 is 1.62 bits per heavy atom. The van der Waals surface area contributed by atoms with E-state index in [1.165, 1.54) is 27.6 Å². The van der Waals surface area contributed by atoms with Crippen molar-refractivity contribution in [1.29, 1.82) is 0 Å². The van der Waals surface area contributed by atoms with Gasteiger partial charge in [0.2, 0.25) is 0 Å². The van der Waals surface area contributed by atoms with Crippen molar-refractivity contribution in [1.82, 2.24) is 4.98 Å². The Kier molecular flexibility index (Phi) is 2.41. The van der Waals surface area contributed by atoms with Crippen molar-refractivity contribution in [2.24, 2.45) is 0 Å². The van der Waals surface area contributed by atoms with Crippen molar-refractivity contribution in [3.63, 3.8) is 0 Å². The number of rotatable bonds is 1. The molecular formula is C13H16BNO. The lowest BCUT2D eigenvalue weighted by Gasteiger charge is -2.10. The molecule has 0 spiro atoms. The lowest BCUT2D eigenvalue weighted by molar-refractivity contribution is 0.107. The van der Waals surface area contributed by atoms with E-state index in [0.29, 0.717) is 5.69 Å². The molecule has 1 N–H and O–H groups in total.